The van der Waals surface area contributed by atoms with Gasteiger partial charge >= 0.3 is 0 Å². The molecular weight excluding hydrogens is 348 g/mol. The molecule has 0 radical (unpaired) electrons. The highest BCUT2D eigenvalue weighted by Crippen LogP contribution is 2.34. The van der Waals surface area contributed by atoms with Gasteiger partial charge in [0.25, 0.3) is 0 Å². The molecule has 0 amide bonds. The number of hydrogen-bond donors (Lipinski definition) is 2. The summed E-state index contributed by atoms with van der Waals surface area (Å²) in [5, 5.41) is 19.3. The lowest BCUT2D eigenvalue weighted by atomic mass is 10.0. The Morgan fingerprint density at radius 1 is 1.19 bits per heavy atom. The summed E-state index contributed by atoms with van der Waals surface area (Å²) in [4.78, 5) is 14.9. The fourth-order valence-electron chi connectivity index (χ4n) is 3.13. The third kappa shape index (κ3) is 3.80. The van der Waals surface area contributed by atoms with Gasteiger partial charge in [0.15, 0.2) is 17.2 Å². The van der Waals surface area contributed by atoms with E-state index in [2.05, 4.69) is 0 Å². The first-order chi connectivity index (χ1) is 12.9. The zero-order valence-electron chi connectivity index (χ0n) is 15.5. The molecule has 1 aliphatic rings. The summed E-state index contributed by atoms with van der Waals surface area (Å²) in [5.74, 6) is 1.02. The molecule has 0 saturated heterocycles. The van der Waals surface area contributed by atoms with Gasteiger partial charge in [0, 0.05) is 31.3 Å². The lowest BCUT2D eigenvalue weighted by Crippen LogP contribution is -2.99. The van der Waals surface area contributed by atoms with E-state index in [4.69, 9.17) is 9.47 Å². The second-order valence-corrected chi connectivity index (χ2v) is 6.32. The SMILES string of the molecule is COc1cc2c(cc1OC)CCN(C)C(C(=O)c1cccc([NH+]([O-])O)c1)=C2. The molecule has 27 heavy (non-hydrogen) atoms. The van der Waals surface area contributed by atoms with Crippen molar-refractivity contribution >= 4 is 17.5 Å². The summed E-state index contributed by atoms with van der Waals surface area (Å²) in [6, 6.07) is 9.86. The number of allylic oxidation sites excluding steroid dienone is 1. The number of benzene rings is 2. The largest absolute Gasteiger partial charge is 0.595 e. The zero-order chi connectivity index (χ0) is 19.6. The maximum Gasteiger partial charge on any atom is 0.209 e. The van der Waals surface area contributed by atoms with Crippen molar-refractivity contribution in [2.45, 2.75) is 6.42 Å². The van der Waals surface area contributed by atoms with Crippen LogP contribution in [0.4, 0.5) is 5.69 Å². The number of Topliss-reactive ketones (excluding diaryl/α,β-unsaturated/α-hetero) is 1. The van der Waals surface area contributed by atoms with Crippen LogP contribution in [0.15, 0.2) is 42.1 Å². The van der Waals surface area contributed by atoms with Crippen LogP contribution in [0.5, 0.6) is 11.5 Å². The molecule has 1 atom stereocenters. The van der Waals surface area contributed by atoms with Gasteiger partial charge in [-0.1, -0.05) is 12.1 Å². The minimum Gasteiger partial charge on any atom is -0.595 e. The predicted octanol–water partition coefficient (Wildman–Crippen LogP) is 1.82. The molecule has 0 saturated carbocycles. The van der Waals surface area contributed by atoms with Crippen LogP contribution in [0.1, 0.15) is 21.5 Å². The smallest absolute Gasteiger partial charge is 0.209 e. The molecule has 1 aliphatic heterocycles. The first-order valence-electron chi connectivity index (χ1n) is 8.50. The maximum atomic E-state index is 13.1. The van der Waals surface area contributed by atoms with E-state index in [1.165, 1.54) is 12.1 Å². The first-order valence-corrected chi connectivity index (χ1v) is 8.50. The Bertz CT molecular complexity index is 892. The summed E-state index contributed by atoms with van der Waals surface area (Å²) in [6.45, 7) is 0.651. The van der Waals surface area contributed by atoms with Crippen molar-refractivity contribution in [3.05, 3.63) is 64.0 Å². The minimum absolute atomic E-state index is 0.0875. The summed E-state index contributed by atoms with van der Waals surface area (Å²) < 4.78 is 10.7. The van der Waals surface area contributed by atoms with Crippen molar-refractivity contribution in [2.24, 2.45) is 0 Å². The molecule has 142 valence electrons. The average molecular weight is 370 g/mol. The lowest BCUT2D eigenvalue weighted by molar-refractivity contribution is -0.991. The second-order valence-electron chi connectivity index (χ2n) is 6.32. The van der Waals surface area contributed by atoms with Crippen LogP contribution in [0, 0.1) is 5.21 Å². The number of ether oxygens (including phenoxy) is 2. The van der Waals surface area contributed by atoms with Gasteiger partial charge in [0.1, 0.15) is 0 Å². The number of carbonyl (C=O) groups is 1. The fraction of sp³-hybridized carbons (Fsp3) is 0.250. The van der Waals surface area contributed by atoms with Gasteiger partial charge < -0.3 is 19.6 Å². The Labute approximate surface area is 157 Å². The van der Waals surface area contributed by atoms with Crippen molar-refractivity contribution in [3.63, 3.8) is 0 Å². The average Bonchev–Trinajstić information content (AvgIpc) is 2.85. The maximum absolute atomic E-state index is 13.1. The second kappa shape index (κ2) is 7.79. The molecule has 0 bridgehead atoms. The van der Waals surface area contributed by atoms with Crippen molar-refractivity contribution < 1.29 is 24.7 Å². The lowest BCUT2D eigenvalue weighted by Gasteiger charge is -2.20. The summed E-state index contributed by atoms with van der Waals surface area (Å²) in [5.41, 5.74) is 2.88. The van der Waals surface area contributed by atoms with Crippen LogP contribution in [0.25, 0.3) is 6.08 Å². The number of nitrogens with zero attached hydrogens (tertiary/aromatic N) is 1. The van der Waals surface area contributed by atoms with E-state index < -0.39 is 5.23 Å². The van der Waals surface area contributed by atoms with Crippen molar-refractivity contribution in [2.75, 3.05) is 27.8 Å². The van der Waals surface area contributed by atoms with E-state index >= 15 is 0 Å². The van der Waals surface area contributed by atoms with Gasteiger partial charge in [-0.25, -0.2) is 5.21 Å². The Morgan fingerprint density at radius 2 is 1.89 bits per heavy atom. The predicted molar refractivity (Wildman–Crippen MR) is 100 cm³/mol. The van der Waals surface area contributed by atoms with Crippen LogP contribution in [0.2, 0.25) is 0 Å². The van der Waals surface area contributed by atoms with Gasteiger partial charge in [0.2, 0.25) is 5.78 Å². The molecule has 0 aliphatic carbocycles. The van der Waals surface area contributed by atoms with Gasteiger partial charge in [-0.05, 0) is 35.8 Å². The Morgan fingerprint density at radius 3 is 2.56 bits per heavy atom. The highest BCUT2D eigenvalue weighted by atomic mass is 16.8. The van der Waals surface area contributed by atoms with Crippen LogP contribution in [-0.4, -0.2) is 43.7 Å². The topological polar surface area (TPSA) is 86.5 Å². The van der Waals surface area contributed by atoms with Crippen molar-refractivity contribution in [1.29, 1.82) is 0 Å². The molecule has 2 aromatic rings. The van der Waals surface area contributed by atoms with E-state index in [-0.39, 0.29) is 11.5 Å². The number of nitrogens with one attached hydrogen (secondary N) is 1. The number of hydrogen-bond acceptors (Lipinski definition) is 6. The molecule has 7 nitrogen and oxygen atoms in total. The van der Waals surface area contributed by atoms with Gasteiger partial charge in [-0.3, -0.25) is 4.79 Å². The molecule has 7 heteroatoms. The number of carbonyl (C=O) groups excluding carboxylic acids is 1. The van der Waals surface area contributed by atoms with Crippen LogP contribution < -0.4 is 14.7 Å². The molecule has 0 aromatic heterocycles. The number of methoxy groups -OCH3 is 2. The van der Waals surface area contributed by atoms with E-state index in [1.54, 1.807) is 26.4 Å². The van der Waals surface area contributed by atoms with Gasteiger partial charge in [-0.15, -0.1) is 0 Å². The van der Waals surface area contributed by atoms with Crippen molar-refractivity contribution in [3.8, 4) is 11.5 Å². The van der Waals surface area contributed by atoms with Crippen LogP contribution in [0.3, 0.4) is 0 Å². The van der Waals surface area contributed by atoms with Gasteiger partial charge in [-0.2, -0.15) is 5.23 Å². The summed E-state index contributed by atoms with van der Waals surface area (Å²) >= 11 is 0. The third-order valence-corrected chi connectivity index (χ3v) is 4.67. The Kier molecular flexibility index (Phi) is 5.46. The fourth-order valence-corrected chi connectivity index (χ4v) is 3.13. The number of rotatable bonds is 5. The van der Waals surface area contributed by atoms with E-state index in [1.807, 2.05) is 30.2 Å². The Balaban J connectivity index is 2.05. The van der Waals surface area contributed by atoms with E-state index in [9.17, 15) is 15.2 Å². The first kappa shape index (κ1) is 18.9. The molecule has 0 fully saturated rings. The zero-order valence-corrected chi connectivity index (χ0v) is 15.5. The van der Waals surface area contributed by atoms with E-state index in [0.717, 1.165) is 17.5 Å². The molecule has 1 unspecified atom stereocenters. The number of fused-ring (bicyclic) bond motifs is 1. The monoisotopic (exact) mass is 370 g/mol. The summed E-state index contributed by atoms with van der Waals surface area (Å²) in [7, 11) is 5.01. The van der Waals surface area contributed by atoms with Gasteiger partial charge in [0.05, 0.1) is 19.9 Å². The number of likely N-dealkylation sites (N-methyl/N-ethyl adjacent to an activating group) is 1. The van der Waals surface area contributed by atoms with Crippen LogP contribution in [-0.2, 0) is 6.42 Å². The standard InChI is InChI=1S/C20H22N2O5/c1-21-8-7-13-11-18(26-2)19(27-3)12-15(13)10-17(21)20(23)14-5-4-6-16(9-14)22(24)25/h4-6,9-12,22,24H,7-8H2,1-3H3. The van der Waals surface area contributed by atoms with Crippen molar-refractivity contribution in [1.82, 2.24) is 4.90 Å². The summed E-state index contributed by atoms with van der Waals surface area (Å²) in [6.07, 6.45) is 2.56. The number of quaternary nitrogens is 1. The normalized spacial score (nSPS) is 14.7. The molecule has 2 N–H and O–H groups in total. The Hall–Kier alpha value is -2.87. The quantitative estimate of drug-likeness (QED) is 0.617. The number of ketones is 1. The molecular formula is C20H22N2O5. The molecule has 1 heterocycles. The molecule has 0 spiro atoms. The highest BCUT2D eigenvalue weighted by Gasteiger charge is 2.22. The minimum atomic E-state index is -1.06. The van der Waals surface area contributed by atoms with Crippen LogP contribution >= 0.6 is 0 Å². The third-order valence-electron chi connectivity index (χ3n) is 4.67. The van der Waals surface area contributed by atoms with E-state index in [0.29, 0.717) is 29.3 Å². The molecule has 2 aromatic carbocycles. The highest BCUT2D eigenvalue weighted by molar-refractivity contribution is 6.11. The molecule has 3 rings (SSSR count).